The van der Waals surface area contributed by atoms with Crippen molar-refractivity contribution in [2.75, 3.05) is 13.2 Å². The van der Waals surface area contributed by atoms with Gasteiger partial charge in [-0.05, 0) is 44.7 Å². The highest BCUT2D eigenvalue weighted by Crippen LogP contribution is 2.24. The summed E-state index contributed by atoms with van der Waals surface area (Å²) in [7, 11) is 0. The first-order valence-electron chi connectivity index (χ1n) is 7.81. The molecule has 2 rings (SSSR count). The third kappa shape index (κ3) is 5.57. The lowest BCUT2D eigenvalue weighted by Gasteiger charge is -2.12. The zero-order chi connectivity index (χ0) is 17.7. The summed E-state index contributed by atoms with van der Waals surface area (Å²) in [5, 5.41) is 4.70. The molecular formula is C17H22N2O5. The van der Waals surface area contributed by atoms with Crippen LogP contribution in [0.4, 0.5) is 4.79 Å². The number of rotatable bonds is 6. The van der Waals surface area contributed by atoms with E-state index in [0.29, 0.717) is 5.75 Å². The molecule has 0 radical (unpaired) electrons. The maximum absolute atomic E-state index is 11.7. The van der Waals surface area contributed by atoms with E-state index >= 15 is 0 Å². The Morgan fingerprint density at radius 1 is 1.08 bits per heavy atom. The van der Waals surface area contributed by atoms with Gasteiger partial charge in [-0.2, -0.15) is 0 Å². The fraction of sp³-hybridized carbons (Fsp3) is 0.471. The zero-order valence-corrected chi connectivity index (χ0v) is 14.1. The van der Waals surface area contributed by atoms with Crippen LogP contribution in [-0.4, -0.2) is 37.2 Å². The lowest BCUT2D eigenvalue weighted by Crippen LogP contribution is -2.42. The number of aryl methyl sites for hydroxylation is 3. The van der Waals surface area contributed by atoms with Crippen molar-refractivity contribution in [1.29, 1.82) is 0 Å². The van der Waals surface area contributed by atoms with Crippen molar-refractivity contribution in [3.05, 3.63) is 28.8 Å². The number of hydrogen-bond acceptors (Lipinski definition) is 5. The van der Waals surface area contributed by atoms with E-state index in [1.807, 2.05) is 32.9 Å². The molecule has 3 amide bonds. The molecule has 0 spiro atoms. The molecule has 0 saturated heterocycles. The monoisotopic (exact) mass is 334 g/mol. The number of esters is 1. The molecule has 0 heterocycles. The smallest absolute Gasteiger partial charge is 0.344 e. The van der Waals surface area contributed by atoms with E-state index in [-0.39, 0.29) is 12.6 Å². The Hall–Kier alpha value is -2.57. The van der Waals surface area contributed by atoms with Gasteiger partial charge in [0.1, 0.15) is 5.75 Å². The van der Waals surface area contributed by atoms with Gasteiger partial charge in [0.15, 0.2) is 13.2 Å². The summed E-state index contributed by atoms with van der Waals surface area (Å²) in [5.74, 6) is -0.720. The number of amides is 3. The third-order valence-electron chi connectivity index (χ3n) is 3.47. The molecule has 1 fully saturated rings. The second-order valence-electron chi connectivity index (χ2n) is 5.97. The second-order valence-corrected chi connectivity index (χ2v) is 5.97. The Morgan fingerprint density at radius 3 is 2.29 bits per heavy atom. The lowest BCUT2D eigenvalue weighted by molar-refractivity contribution is -0.150. The summed E-state index contributed by atoms with van der Waals surface area (Å²) in [6, 6.07) is 3.49. The van der Waals surface area contributed by atoms with Crippen LogP contribution >= 0.6 is 0 Å². The van der Waals surface area contributed by atoms with Crippen LogP contribution in [-0.2, 0) is 14.3 Å². The highest BCUT2D eigenvalue weighted by molar-refractivity contribution is 5.95. The molecule has 1 aliphatic carbocycles. The summed E-state index contributed by atoms with van der Waals surface area (Å²) < 4.78 is 10.3. The average Bonchev–Trinajstić information content (AvgIpc) is 3.27. The van der Waals surface area contributed by atoms with Gasteiger partial charge in [0.05, 0.1) is 0 Å². The quantitative estimate of drug-likeness (QED) is 0.769. The van der Waals surface area contributed by atoms with E-state index in [1.54, 1.807) is 0 Å². The predicted octanol–water partition coefficient (Wildman–Crippen LogP) is 1.52. The Kier molecular flexibility index (Phi) is 5.78. The molecular weight excluding hydrogens is 312 g/mol. The SMILES string of the molecule is Cc1cc(C)c(OCC(=O)OCC(=O)NC(=O)NC2CC2)c(C)c1. The number of imide groups is 1. The average molecular weight is 334 g/mol. The first-order chi connectivity index (χ1) is 11.3. The molecule has 0 bridgehead atoms. The first kappa shape index (κ1) is 17.8. The number of urea groups is 1. The molecule has 0 aliphatic heterocycles. The summed E-state index contributed by atoms with van der Waals surface area (Å²) in [4.78, 5) is 34.5. The van der Waals surface area contributed by atoms with Crippen LogP contribution in [0.1, 0.15) is 29.5 Å². The fourth-order valence-electron chi connectivity index (χ4n) is 2.33. The van der Waals surface area contributed by atoms with E-state index in [1.165, 1.54) is 0 Å². The minimum absolute atomic E-state index is 0.148. The third-order valence-corrected chi connectivity index (χ3v) is 3.47. The number of hydrogen-bond donors (Lipinski definition) is 2. The predicted molar refractivity (Wildman–Crippen MR) is 86.8 cm³/mol. The second kappa shape index (κ2) is 7.81. The van der Waals surface area contributed by atoms with Crippen molar-refractivity contribution >= 4 is 17.9 Å². The molecule has 2 N–H and O–H groups in total. The molecule has 7 heteroatoms. The Balaban J connectivity index is 1.71. The lowest BCUT2D eigenvalue weighted by atomic mass is 10.1. The van der Waals surface area contributed by atoms with Gasteiger partial charge in [-0.3, -0.25) is 10.1 Å². The van der Waals surface area contributed by atoms with E-state index < -0.39 is 24.5 Å². The molecule has 24 heavy (non-hydrogen) atoms. The van der Waals surface area contributed by atoms with Gasteiger partial charge < -0.3 is 14.8 Å². The minimum Gasteiger partial charge on any atom is -0.481 e. The Morgan fingerprint density at radius 2 is 1.71 bits per heavy atom. The van der Waals surface area contributed by atoms with Gasteiger partial charge in [0, 0.05) is 6.04 Å². The maximum atomic E-state index is 11.7. The van der Waals surface area contributed by atoms with Gasteiger partial charge in [-0.1, -0.05) is 17.7 Å². The van der Waals surface area contributed by atoms with Crippen LogP contribution in [0.15, 0.2) is 12.1 Å². The van der Waals surface area contributed by atoms with Crippen LogP contribution in [0, 0.1) is 20.8 Å². The van der Waals surface area contributed by atoms with E-state index in [0.717, 1.165) is 29.5 Å². The normalized spacial score (nSPS) is 13.1. The standard InChI is InChI=1S/C17H22N2O5/c1-10-6-11(2)16(12(3)7-10)24-9-15(21)23-8-14(20)19-17(22)18-13-4-5-13/h6-7,13H,4-5,8-9H2,1-3H3,(H2,18,19,20,22). The van der Waals surface area contributed by atoms with Crippen molar-refractivity contribution in [2.45, 2.75) is 39.7 Å². The number of carbonyl (C=O) groups excluding carboxylic acids is 3. The van der Waals surface area contributed by atoms with Crippen LogP contribution < -0.4 is 15.4 Å². The fourth-order valence-corrected chi connectivity index (χ4v) is 2.33. The van der Waals surface area contributed by atoms with E-state index in [4.69, 9.17) is 9.47 Å². The Bertz CT molecular complexity index is 629. The molecule has 7 nitrogen and oxygen atoms in total. The highest BCUT2D eigenvalue weighted by atomic mass is 16.6. The van der Waals surface area contributed by atoms with Gasteiger partial charge in [-0.25, -0.2) is 9.59 Å². The van der Waals surface area contributed by atoms with Crippen molar-refractivity contribution in [1.82, 2.24) is 10.6 Å². The molecule has 1 saturated carbocycles. The van der Waals surface area contributed by atoms with E-state index in [9.17, 15) is 14.4 Å². The summed E-state index contributed by atoms with van der Waals surface area (Å²) in [6.07, 6.45) is 1.84. The van der Waals surface area contributed by atoms with Crippen molar-refractivity contribution in [3.8, 4) is 5.75 Å². The highest BCUT2D eigenvalue weighted by Gasteiger charge is 2.24. The van der Waals surface area contributed by atoms with Crippen molar-refractivity contribution in [3.63, 3.8) is 0 Å². The molecule has 1 aromatic carbocycles. The molecule has 0 unspecified atom stereocenters. The number of benzene rings is 1. The maximum Gasteiger partial charge on any atom is 0.344 e. The zero-order valence-electron chi connectivity index (χ0n) is 14.1. The largest absolute Gasteiger partial charge is 0.481 e. The van der Waals surface area contributed by atoms with Crippen LogP contribution in [0.5, 0.6) is 5.75 Å². The minimum atomic E-state index is -0.677. The molecule has 130 valence electrons. The van der Waals surface area contributed by atoms with Crippen LogP contribution in [0.2, 0.25) is 0 Å². The van der Waals surface area contributed by atoms with Gasteiger partial charge >= 0.3 is 12.0 Å². The number of carbonyl (C=O) groups is 3. The van der Waals surface area contributed by atoms with Gasteiger partial charge in [0.25, 0.3) is 5.91 Å². The topological polar surface area (TPSA) is 93.7 Å². The van der Waals surface area contributed by atoms with Gasteiger partial charge in [-0.15, -0.1) is 0 Å². The summed E-state index contributed by atoms with van der Waals surface area (Å²) in [6.45, 7) is 4.95. The van der Waals surface area contributed by atoms with Crippen molar-refractivity contribution in [2.24, 2.45) is 0 Å². The first-order valence-corrected chi connectivity index (χ1v) is 7.81. The van der Waals surface area contributed by atoms with Crippen molar-refractivity contribution < 1.29 is 23.9 Å². The van der Waals surface area contributed by atoms with Crippen LogP contribution in [0.3, 0.4) is 0 Å². The number of nitrogens with one attached hydrogen (secondary N) is 2. The molecule has 0 atom stereocenters. The van der Waals surface area contributed by atoms with E-state index in [2.05, 4.69) is 10.6 Å². The summed E-state index contributed by atoms with van der Waals surface area (Å²) in [5.41, 5.74) is 2.96. The molecule has 1 aromatic rings. The number of ether oxygens (including phenoxy) is 2. The summed E-state index contributed by atoms with van der Waals surface area (Å²) >= 11 is 0. The Labute approximate surface area is 140 Å². The van der Waals surface area contributed by atoms with Crippen LogP contribution in [0.25, 0.3) is 0 Å². The molecule has 0 aromatic heterocycles. The molecule has 1 aliphatic rings. The van der Waals surface area contributed by atoms with Gasteiger partial charge in [0.2, 0.25) is 0 Å².